The number of hydrogen-bond donors (Lipinski definition) is 1. The van der Waals surface area contributed by atoms with Crippen LogP contribution < -0.4 is 5.73 Å². The van der Waals surface area contributed by atoms with E-state index in [2.05, 4.69) is 17.1 Å². The van der Waals surface area contributed by atoms with E-state index in [4.69, 9.17) is 10.2 Å². The van der Waals surface area contributed by atoms with Crippen molar-refractivity contribution in [1.29, 1.82) is 0 Å². The summed E-state index contributed by atoms with van der Waals surface area (Å²) in [6.07, 6.45) is 0. The van der Waals surface area contributed by atoms with Gasteiger partial charge in [-0.25, -0.2) is 4.98 Å². The van der Waals surface area contributed by atoms with Gasteiger partial charge in [0, 0.05) is 5.56 Å². The summed E-state index contributed by atoms with van der Waals surface area (Å²) in [5.41, 5.74) is 9.92. The second-order valence-electron chi connectivity index (χ2n) is 5.48. The van der Waals surface area contributed by atoms with Crippen LogP contribution in [0.4, 0.5) is 0 Å². The number of carbonyl (C=O) groups is 1. The number of hydrogen-bond acceptors (Lipinski definition) is 3. The van der Waals surface area contributed by atoms with Gasteiger partial charge in [-0.05, 0) is 35.4 Å². The summed E-state index contributed by atoms with van der Waals surface area (Å²) >= 11 is 0. The molecule has 24 heavy (non-hydrogen) atoms. The minimum atomic E-state index is -0.514. The molecule has 2 N–H and O–H groups in total. The lowest BCUT2D eigenvalue weighted by Gasteiger charge is -2.02. The molecule has 0 radical (unpaired) electrons. The highest BCUT2D eigenvalue weighted by molar-refractivity contribution is 6.03. The number of fused-ring (bicyclic) bond motifs is 1. The van der Waals surface area contributed by atoms with Crippen molar-refractivity contribution < 1.29 is 9.21 Å². The van der Waals surface area contributed by atoms with Crippen molar-refractivity contribution in [2.75, 3.05) is 0 Å². The molecule has 0 saturated heterocycles. The molecule has 0 aliphatic rings. The Hall–Kier alpha value is -3.40. The van der Waals surface area contributed by atoms with Gasteiger partial charge in [-0.1, -0.05) is 48.5 Å². The van der Waals surface area contributed by atoms with Gasteiger partial charge in [-0.3, -0.25) is 4.79 Å². The van der Waals surface area contributed by atoms with Gasteiger partial charge in [0.05, 0.1) is 5.56 Å². The maximum Gasteiger partial charge on any atom is 0.251 e. The van der Waals surface area contributed by atoms with Gasteiger partial charge in [0.1, 0.15) is 5.52 Å². The smallest absolute Gasteiger partial charge is 0.251 e. The number of para-hydroxylation sites is 1. The Labute approximate surface area is 138 Å². The largest absolute Gasteiger partial charge is 0.436 e. The molecule has 1 amide bonds. The molecule has 0 unspecified atom stereocenters. The lowest BCUT2D eigenvalue weighted by atomic mass is 10.0. The van der Waals surface area contributed by atoms with Gasteiger partial charge >= 0.3 is 0 Å². The Kier molecular flexibility index (Phi) is 3.35. The third-order valence-corrected chi connectivity index (χ3v) is 3.92. The van der Waals surface area contributed by atoms with Crippen molar-refractivity contribution in [1.82, 2.24) is 4.98 Å². The van der Waals surface area contributed by atoms with Crippen LogP contribution in [0.25, 0.3) is 33.7 Å². The van der Waals surface area contributed by atoms with Crippen LogP contribution in [0, 0.1) is 0 Å². The molecule has 116 valence electrons. The van der Waals surface area contributed by atoms with Crippen LogP contribution in [0.5, 0.6) is 0 Å². The highest BCUT2D eigenvalue weighted by atomic mass is 16.3. The molecule has 4 nitrogen and oxygen atoms in total. The molecular formula is C20H14N2O2. The number of oxazole rings is 1. The second kappa shape index (κ2) is 5.66. The van der Waals surface area contributed by atoms with E-state index < -0.39 is 5.91 Å². The quantitative estimate of drug-likeness (QED) is 0.614. The lowest BCUT2D eigenvalue weighted by Crippen LogP contribution is -2.11. The molecule has 1 aromatic heterocycles. The number of benzene rings is 3. The van der Waals surface area contributed by atoms with Crippen molar-refractivity contribution in [3.05, 3.63) is 78.4 Å². The monoisotopic (exact) mass is 314 g/mol. The van der Waals surface area contributed by atoms with Gasteiger partial charge in [0.25, 0.3) is 5.91 Å². The molecule has 4 heteroatoms. The van der Waals surface area contributed by atoms with E-state index >= 15 is 0 Å². The predicted molar refractivity (Wildman–Crippen MR) is 93.4 cm³/mol. The molecule has 0 saturated carbocycles. The number of amides is 1. The van der Waals surface area contributed by atoms with Crippen molar-refractivity contribution >= 4 is 17.0 Å². The van der Waals surface area contributed by atoms with Crippen LogP contribution in [-0.4, -0.2) is 10.9 Å². The Morgan fingerprint density at radius 2 is 1.46 bits per heavy atom. The van der Waals surface area contributed by atoms with Crippen LogP contribution in [0.1, 0.15) is 10.4 Å². The molecule has 0 spiro atoms. The average Bonchev–Trinajstić information content (AvgIpc) is 3.06. The zero-order valence-electron chi connectivity index (χ0n) is 12.8. The Bertz CT molecular complexity index is 1020. The normalized spacial score (nSPS) is 10.8. The number of primary amides is 1. The van der Waals surface area contributed by atoms with E-state index in [0.717, 1.165) is 16.7 Å². The predicted octanol–water partition coefficient (Wildman–Crippen LogP) is 4.26. The highest BCUT2D eigenvalue weighted by Gasteiger charge is 2.14. The van der Waals surface area contributed by atoms with Gasteiger partial charge in [0.15, 0.2) is 5.58 Å². The Morgan fingerprint density at radius 1 is 0.792 bits per heavy atom. The number of nitrogens with zero attached hydrogens (tertiary/aromatic N) is 1. The molecule has 0 fully saturated rings. The minimum absolute atomic E-state index is 0.364. The van der Waals surface area contributed by atoms with Crippen LogP contribution >= 0.6 is 0 Å². The van der Waals surface area contributed by atoms with Crippen molar-refractivity contribution in [2.24, 2.45) is 5.73 Å². The topological polar surface area (TPSA) is 69.1 Å². The summed E-state index contributed by atoms with van der Waals surface area (Å²) in [7, 11) is 0. The van der Waals surface area contributed by atoms with E-state index in [1.807, 2.05) is 42.5 Å². The third-order valence-electron chi connectivity index (χ3n) is 3.92. The van der Waals surface area contributed by atoms with Crippen LogP contribution in [-0.2, 0) is 0 Å². The van der Waals surface area contributed by atoms with Crippen LogP contribution in [0.2, 0.25) is 0 Å². The molecule has 1 heterocycles. The van der Waals surface area contributed by atoms with Gasteiger partial charge < -0.3 is 10.2 Å². The van der Waals surface area contributed by atoms with Gasteiger partial charge in [-0.15, -0.1) is 0 Å². The number of carbonyl (C=O) groups excluding carboxylic acids is 1. The first-order valence-corrected chi connectivity index (χ1v) is 7.57. The fourth-order valence-electron chi connectivity index (χ4n) is 2.71. The number of aromatic nitrogens is 1. The third kappa shape index (κ3) is 2.44. The molecule has 4 rings (SSSR count). The van der Waals surface area contributed by atoms with Crippen LogP contribution in [0.3, 0.4) is 0 Å². The van der Waals surface area contributed by atoms with E-state index in [1.54, 1.807) is 18.2 Å². The van der Waals surface area contributed by atoms with E-state index in [-0.39, 0.29) is 0 Å². The first kappa shape index (κ1) is 14.2. The Morgan fingerprint density at radius 3 is 2.17 bits per heavy atom. The molecule has 0 bridgehead atoms. The number of nitrogens with two attached hydrogens (primary N) is 1. The zero-order valence-corrected chi connectivity index (χ0v) is 12.8. The van der Waals surface area contributed by atoms with Crippen molar-refractivity contribution in [2.45, 2.75) is 0 Å². The minimum Gasteiger partial charge on any atom is -0.436 e. The average molecular weight is 314 g/mol. The molecule has 3 aromatic carbocycles. The first-order valence-electron chi connectivity index (χ1n) is 7.57. The maximum atomic E-state index is 11.5. The summed E-state index contributed by atoms with van der Waals surface area (Å²) in [5, 5.41) is 0. The first-order chi connectivity index (χ1) is 11.7. The molecule has 4 aromatic rings. The highest BCUT2D eigenvalue weighted by Crippen LogP contribution is 2.28. The zero-order chi connectivity index (χ0) is 16.5. The van der Waals surface area contributed by atoms with Crippen molar-refractivity contribution in [3.8, 4) is 22.6 Å². The second-order valence-corrected chi connectivity index (χ2v) is 5.48. The fraction of sp³-hybridized carbons (Fsp3) is 0. The van der Waals surface area contributed by atoms with E-state index in [9.17, 15) is 4.79 Å². The molecule has 0 atom stereocenters. The number of rotatable bonds is 3. The molecule has 0 aliphatic carbocycles. The summed E-state index contributed by atoms with van der Waals surface area (Å²) in [4.78, 5) is 15.9. The van der Waals surface area contributed by atoms with Gasteiger partial charge in [0.2, 0.25) is 5.89 Å². The summed E-state index contributed by atoms with van der Waals surface area (Å²) in [5.74, 6) is -0.0433. The molecule has 0 aliphatic heterocycles. The molecular weight excluding hydrogens is 300 g/mol. The van der Waals surface area contributed by atoms with Crippen molar-refractivity contribution in [3.63, 3.8) is 0 Å². The SMILES string of the molecule is NC(=O)c1cccc2oc(-c3ccc(-c4ccccc4)cc3)nc12. The summed E-state index contributed by atoms with van der Waals surface area (Å²) in [6.45, 7) is 0. The summed E-state index contributed by atoms with van der Waals surface area (Å²) in [6, 6.07) is 23.2. The summed E-state index contributed by atoms with van der Waals surface area (Å²) < 4.78 is 5.77. The maximum absolute atomic E-state index is 11.5. The van der Waals surface area contributed by atoms with Gasteiger partial charge in [-0.2, -0.15) is 0 Å². The standard InChI is InChI=1S/C20H14N2O2/c21-19(23)16-7-4-8-17-18(16)22-20(24-17)15-11-9-14(10-12-15)13-5-2-1-3-6-13/h1-12H,(H2,21,23). The van der Waals surface area contributed by atoms with E-state index in [1.165, 1.54) is 0 Å². The lowest BCUT2D eigenvalue weighted by molar-refractivity contribution is 0.100. The van der Waals surface area contributed by atoms with Crippen LogP contribution in [0.15, 0.2) is 77.2 Å². The Balaban J connectivity index is 1.75. The van der Waals surface area contributed by atoms with E-state index in [0.29, 0.717) is 22.6 Å². The fourth-order valence-corrected chi connectivity index (χ4v) is 2.71.